The van der Waals surface area contributed by atoms with Gasteiger partial charge in [-0.2, -0.15) is 0 Å². The van der Waals surface area contributed by atoms with E-state index in [4.69, 9.17) is 0 Å². The Kier molecular flexibility index (Phi) is 6.81. The average Bonchev–Trinajstić information content (AvgIpc) is 2.94. The molecule has 150 valence electrons. The first-order chi connectivity index (χ1) is 13.8. The van der Waals surface area contributed by atoms with Gasteiger partial charge in [0.15, 0.2) is 0 Å². The summed E-state index contributed by atoms with van der Waals surface area (Å²) >= 11 is 3.79. The summed E-state index contributed by atoms with van der Waals surface area (Å²) < 4.78 is 27.2. The predicted molar refractivity (Wildman–Crippen MR) is 110 cm³/mol. The summed E-state index contributed by atoms with van der Waals surface area (Å²) in [6.07, 6.45) is 1.37. The maximum atomic E-state index is 13.7. The quantitative estimate of drug-likeness (QED) is 0.631. The Morgan fingerprint density at radius 1 is 1.14 bits per heavy atom. The van der Waals surface area contributed by atoms with Crippen LogP contribution in [0.5, 0.6) is 0 Å². The standard InChI is InChI=1S/C20H15BrF2N2O3S/c21-14-9-12(5-6-16(14)23)10-18(26)24-7-8-25-19(27)17(29-20(25)28)11-13-3-1-2-4-15(13)22/h1-6,9,11H,7-8,10H2,(H,24,26). The molecule has 0 radical (unpaired) electrons. The molecule has 0 unspecified atom stereocenters. The van der Waals surface area contributed by atoms with Crippen molar-refractivity contribution in [3.8, 4) is 0 Å². The zero-order valence-electron chi connectivity index (χ0n) is 15.0. The van der Waals surface area contributed by atoms with Crippen LogP contribution in [0.2, 0.25) is 0 Å². The molecule has 0 aromatic heterocycles. The number of carbonyl (C=O) groups is 3. The molecule has 0 saturated carbocycles. The molecule has 1 heterocycles. The molecule has 0 aliphatic carbocycles. The Morgan fingerprint density at radius 3 is 2.62 bits per heavy atom. The zero-order valence-corrected chi connectivity index (χ0v) is 17.4. The van der Waals surface area contributed by atoms with Gasteiger partial charge < -0.3 is 5.32 Å². The lowest BCUT2D eigenvalue weighted by molar-refractivity contribution is -0.124. The molecule has 1 aliphatic rings. The number of nitrogens with zero attached hydrogens (tertiary/aromatic N) is 1. The van der Waals surface area contributed by atoms with Crippen molar-refractivity contribution < 1.29 is 23.2 Å². The van der Waals surface area contributed by atoms with E-state index >= 15 is 0 Å². The van der Waals surface area contributed by atoms with Crippen molar-refractivity contribution in [2.24, 2.45) is 0 Å². The SMILES string of the molecule is O=C(Cc1ccc(F)c(Br)c1)NCCN1C(=O)SC(=Cc2ccccc2F)C1=O. The Labute approximate surface area is 178 Å². The van der Waals surface area contributed by atoms with Crippen molar-refractivity contribution in [1.82, 2.24) is 10.2 Å². The van der Waals surface area contributed by atoms with E-state index in [1.807, 2.05) is 0 Å². The van der Waals surface area contributed by atoms with Crippen LogP contribution in [-0.2, 0) is 16.0 Å². The zero-order chi connectivity index (χ0) is 21.0. The number of imide groups is 1. The lowest BCUT2D eigenvalue weighted by atomic mass is 10.1. The topological polar surface area (TPSA) is 66.5 Å². The van der Waals surface area contributed by atoms with Gasteiger partial charge in [-0.15, -0.1) is 0 Å². The minimum absolute atomic E-state index is 0.00185. The number of rotatable bonds is 6. The van der Waals surface area contributed by atoms with Gasteiger partial charge in [-0.25, -0.2) is 8.78 Å². The lowest BCUT2D eigenvalue weighted by Gasteiger charge is -2.13. The highest BCUT2D eigenvalue weighted by molar-refractivity contribution is 9.10. The second-order valence-corrected chi connectivity index (χ2v) is 7.98. The van der Waals surface area contributed by atoms with E-state index in [1.54, 1.807) is 6.07 Å². The van der Waals surface area contributed by atoms with E-state index in [2.05, 4.69) is 21.2 Å². The maximum absolute atomic E-state index is 13.7. The van der Waals surface area contributed by atoms with Crippen LogP contribution in [-0.4, -0.2) is 35.0 Å². The molecule has 9 heteroatoms. The molecule has 1 saturated heterocycles. The summed E-state index contributed by atoms with van der Waals surface area (Å²) in [5, 5.41) is 2.15. The number of halogens is 3. The van der Waals surface area contributed by atoms with Crippen molar-refractivity contribution in [3.63, 3.8) is 0 Å². The normalized spacial score (nSPS) is 15.3. The number of hydrogen-bond acceptors (Lipinski definition) is 4. The van der Waals surface area contributed by atoms with Crippen LogP contribution in [0.4, 0.5) is 13.6 Å². The highest BCUT2D eigenvalue weighted by atomic mass is 79.9. The number of carbonyl (C=O) groups excluding carboxylic acids is 3. The van der Waals surface area contributed by atoms with Crippen molar-refractivity contribution in [2.75, 3.05) is 13.1 Å². The lowest BCUT2D eigenvalue weighted by Crippen LogP contribution is -2.37. The van der Waals surface area contributed by atoms with Gasteiger partial charge in [0.25, 0.3) is 11.1 Å². The minimum atomic E-state index is -0.528. The maximum Gasteiger partial charge on any atom is 0.293 e. The molecular weight excluding hydrogens is 466 g/mol. The molecule has 5 nitrogen and oxygen atoms in total. The van der Waals surface area contributed by atoms with Crippen molar-refractivity contribution in [3.05, 3.63) is 74.6 Å². The molecule has 29 heavy (non-hydrogen) atoms. The van der Waals surface area contributed by atoms with Gasteiger partial charge in [-0.05, 0) is 57.5 Å². The number of thioether (sulfide) groups is 1. The van der Waals surface area contributed by atoms with E-state index in [0.717, 1.165) is 16.7 Å². The summed E-state index contributed by atoms with van der Waals surface area (Å²) in [4.78, 5) is 37.6. The number of nitrogens with one attached hydrogen (secondary N) is 1. The third-order valence-electron chi connectivity index (χ3n) is 4.07. The first-order valence-electron chi connectivity index (χ1n) is 8.55. The average molecular weight is 481 g/mol. The molecule has 0 spiro atoms. The predicted octanol–water partition coefficient (Wildman–Crippen LogP) is 4.12. The van der Waals surface area contributed by atoms with Crippen LogP contribution in [0.3, 0.4) is 0 Å². The van der Waals surface area contributed by atoms with Crippen molar-refractivity contribution in [1.29, 1.82) is 0 Å². The van der Waals surface area contributed by atoms with Gasteiger partial charge in [0.05, 0.1) is 15.8 Å². The Hall–Kier alpha value is -2.52. The monoisotopic (exact) mass is 480 g/mol. The summed E-state index contributed by atoms with van der Waals surface area (Å²) in [7, 11) is 0. The van der Waals surface area contributed by atoms with Gasteiger partial charge in [-0.3, -0.25) is 19.3 Å². The molecule has 1 aliphatic heterocycles. The summed E-state index contributed by atoms with van der Waals surface area (Å²) in [6.45, 7) is 0.0738. The third-order valence-corrected chi connectivity index (χ3v) is 5.59. The van der Waals surface area contributed by atoms with Crippen LogP contribution in [0, 0.1) is 11.6 Å². The van der Waals surface area contributed by atoms with Crippen LogP contribution >= 0.6 is 27.7 Å². The van der Waals surface area contributed by atoms with Gasteiger partial charge in [0.1, 0.15) is 11.6 Å². The van der Waals surface area contributed by atoms with Crippen LogP contribution in [0.15, 0.2) is 51.8 Å². The molecule has 2 aromatic carbocycles. The number of hydrogen-bond donors (Lipinski definition) is 1. The fraction of sp³-hybridized carbons (Fsp3) is 0.150. The van der Waals surface area contributed by atoms with E-state index in [1.165, 1.54) is 42.5 Å². The Bertz CT molecular complexity index is 1010. The fourth-order valence-corrected chi connectivity index (χ4v) is 3.91. The van der Waals surface area contributed by atoms with Crippen LogP contribution in [0.25, 0.3) is 6.08 Å². The molecule has 1 N–H and O–H groups in total. The van der Waals surface area contributed by atoms with Crippen molar-refractivity contribution in [2.45, 2.75) is 6.42 Å². The first kappa shape index (κ1) is 21.2. The molecular formula is C20H15BrF2N2O3S. The summed E-state index contributed by atoms with van der Waals surface area (Å²) in [5.74, 6) is -1.76. The third kappa shape index (κ3) is 5.30. The first-order valence-corrected chi connectivity index (χ1v) is 10.2. The highest BCUT2D eigenvalue weighted by Crippen LogP contribution is 2.32. The summed E-state index contributed by atoms with van der Waals surface area (Å²) in [5.41, 5.74) is 0.839. The highest BCUT2D eigenvalue weighted by Gasteiger charge is 2.34. The molecule has 0 atom stereocenters. The van der Waals surface area contributed by atoms with E-state index in [9.17, 15) is 23.2 Å². The molecule has 3 rings (SSSR count). The Morgan fingerprint density at radius 2 is 1.90 bits per heavy atom. The summed E-state index contributed by atoms with van der Waals surface area (Å²) in [6, 6.07) is 10.2. The van der Waals surface area contributed by atoms with Crippen LogP contribution in [0.1, 0.15) is 11.1 Å². The molecule has 0 bridgehead atoms. The number of amides is 3. The smallest absolute Gasteiger partial charge is 0.293 e. The molecule has 2 aromatic rings. The van der Waals surface area contributed by atoms with Gasteiger partial charge in [0.2, 0.25) is 5.91 Å². The van der Waals surface area contributed by atoms with Gasteiger partial charge in [0, 0.05) is 18.7 Å². The number of benzene rings is 2. The largest absolute Gasteiger partial charge is 0.354 e. The molecule has 3 amide bonds. The van der Waals surface area contributed by atoms with E-state index in [-0.39, 0.29) is 40.4 Å². The second-order valence-electron chi connectivity index (χ2n) is 6.13. The van der Waals surface area contributed by atoms with E-state index in [0.29, 0.717) is 5.56 Å². The Balaban J connectivity index is 1.54. The van der Waals surface area contributed by atoms with E-state index < -0.39 is 22.8 Å². The van der Waals surface area contributed by atoms with Gasteiger partial charge in [-0.1, -0.05) is 24.3 Å². The minimum Gasteiger partial charge on any atom is -0.354 e. The fourth-order valence-electron chi connectivity index (χ4n) is 2.63. The van der Waals surface area contributed by atoms with Crippen LogP contribution < -0.4 is 5.32 Å². The van der Waals surface area contributed by atoms with Gasteiger partial charge >= 0.3 is 0 Å². The van der Waals surface area contributed by atoms with Crippen molar-refractivity contribution >= 4 is 50.8 Å². The molecule has 1 fully saturated rings. The second kappa shape index (κ2) is 9.32.